The normalized spacial score (nSPS) is 13.6. The van der Waals surface area contributed by atoms with Gasteiger partial charge in [0, 0.05) is 25.8 Å². The van der Waals surface area contributed by atoms with Gasteiger partial charge in [-0.3, -0.25) is 4.98 Å². The maximum absolute atomic E-state index is 4.30. The number of aromatic nitrogens is 1. The van der Waals surface area contributed by atoms with Gasteiger partial charge in [-0.15, -0.1) is 0 Å². The number of hydrogen-bond acceptors (Lipinski definition) is 3. The monoisotopic (exact) mass is 277 g/mol. The van der Waals surface area contributed by atoms with E-state index in [1.165, 1.54) is 11.3 Å². The van der Waals surface area contributed by atoms with Crippen LogP contribution < -0.4 is 10.2 Å². The lowest BCUT2D eigenvalue weighted by atomic mass is 9.87. The predicted molar refractivity (Wildman–Crippen MR) is 88.1 cm³/mol. The van der Waals surface area contributed by atoms with Crippen molar-refractivity contribution in [1.29, 1.82) is 0 Å². The summed E-state index contributed by atoms with van der Waals surface area (Å²) in [5.74, 6) is 0.673. The third-order valence-corrected chi connectivity index (χ3v) is 3.97. The summed E-state index contributed by atoms with van der Waals surface area (Å²) in [5.41, 5.74) is 2.79. The molecular weight excluding hydrogens is 246 g/mol. The second-order valence-corrected chi connectivity index (χ2v) is 7.18. The van der Waals surface area contributed by atoms with Gasteiger partial charge in [0.15, 0.2) is 0 Å². The number of pyridine rings is 1. The van der Waals surface area contributed by atoms with Crippen LogP contribution in [0.1, 0.15) is 47.1 Å². The summed E-state index contributed by atoms with van der Waals surface area (Å²) in [5, 5.41) is 3.52. The number of anilines is 1. The van der Waals surface area contributed by atoms with Crippen LogP contribution in [0.4, 0.5) is 5.69 Å². The molecule has 1 atom stereocenters. The third-order valence-electron chi connectivity index (χ3n) is 3.97. The van der Waals surface area contributed by atoms with E-state index in [4.69, 9.17) is 0 Å². The first-order valence-electron chi connectivity index (χ1n) is 7.60. The second-order valence-electron chi connectivity index (χ2n) is 7.18. The highest BCUT2D eigenvalue weighted by atomic mass is 15.1. The molecule has 0 radical (unpaired) electrons. The van der Waals surface area contributed by atoms with Crippen LogP contribution in [0.3, 0.4) is 0 Å². The van der Waals surface area contributed by atoms with Gasteiger partial charge in [0.05, 0.1) is 11.9 Å². The molecule has 3 heteroatoms. The highest BCUT2D eigenvalue weighted by molar-refractivity contribution is 5.52. The Morgan fingerprint density at radius 3 is 2.45 bits per heavy atom. The van der Waals surface area contributed by atoms with Crippen molar-refractivity contribution in [2.45, 2.75) is 54.1 Å². The van der Waals surface area contributed by atoms with Crippen LogP contribution >= 0.6 is 0 Å². The van der Waals surface area contributed by atoms with E-state index in [1.807, 2.05) is 12.4 Å². The van der Waals surface area contributed by atoms with Crippen molar-refractivity contribution in [3.8, 4) is 0 Å². The standard InChI is InChI=1S/C17H31N3/c1-13(2)10-19-11-15-8-9-18-12-16(15)20(7)14(3)17(4,5)6/h8-9,12-14,19H,10-11H2,1-7H3. The fourth-order valence-corrected chi connectivity index (χ4v) is 2.17. The van der Waals surface area contributed by atoms with E-state index in [2.05, 4.69) is 69.9 Å². The molecule has 3 nitrogen and oxygen atoms in total. The minimum atomic E-state index is 0.243. The van der Waals surface area contributed by atoms with Gasteiger partial charge in [-0.1, -0.05) is 34.6 Å². The maximum atomic E-state index is 4.30. The van der Waals surface area contributed by atoms with Gasteiger partial charge in [0.1, 0.15) is 0 Å². The number of nitrogens with one attached hydrogen (secondary N) is 1. The smallest absolute Gasteiger partial charge is 0.0598 e. The molecule has 0 aromatic carbocycles. The molecule has 114 valence electrons. The van der Waals surface area contributed by atoms with Gasteiger partial charge in [-0.25, -0.2) is 0 Å². The fraction of sp³-hybridized carbons (Fsp3) is 0.706. The zero-order chi connectivity index (χ0) is 15.3. The Balaban J connectivity index is 2.84. The van der Waals surface area contributed by atoms with E-state index >= 15 is 0 Å². The van der Waals surface area contributed by atoms with E-state index in [1.54, 1.807) is 0 Å². The van der Waals surface area contributed by atoms with Crippen LogP contribution in [0.25, 0.3) is 0 Å². The fourth-order valence-electron chi connectivity index (χ4n) is 2.17. The summed E-state index contributed by atoms with van der Waals surface area (Å²) >= 11 is 0. The van der Waals surface area contributed by atoms with Crippen molar-refractivity contribution in [3.05, 3.63) is 24.0 Å². The summed E-state index contributed by atoms with van der Waals surface area (Å²) in [6, 6.07) is 2.57. The zero-order valence-electron chi connectivity index (χ0n) is 14.2. The maximum Gasteiger partial charge on any atom is 0.0598 e. The van der Waals surface area contributed by atoms with E-state index < -0.39 is 0 Å². The predicted octanol–water partition coefficient (Wildman–Crippen LogP) is 3.70. The molecule has 20 heavy (non-hydrogen) atoms. The molecule has 0 bridgehead atoms. The molecule has 0 amide bonds. The lowest BCUT2D eigenvalue weighted by Gasteiger charge is -2.37. The molecule has 1 unspecified atom stereocenters. The van der Waals surface area contributed by atoms with E-state index in [0.717, 1.165) is 13.1 Å². The summed E-state index contributed by atoms with van der Waals surface area (Å²) in [4.78, 5) is 6.65. The van der Waals surface area contributed by atoms with Crippen LogP contribution in [0.5, 0.6) is 0 Å². The summed E-state index contributed by atoms with van der Waals surface area (Å²) in [6.45, 7) is 15.5. The summed E-state index contributed by atoms with van der Waals surface area (Å²) in [6.07, 6.45) is 3.86. The lowest BCUT2D eigenvalue weighted by molar-refractivity contribution is 0.329. The highest BCUT2D eigenvalue weighted by Gasteiger charge is 2.25. The Bertz CT molecular complexity index is 407. The van der Waals surface area contributed by atoms with Crippen molar-refractivity contribution >= 4 is 5.69 Å². The molecule has 0 saturated carbocycles. The third kappa shape index (κ3) is 4.78. The molecule has 0 aliphatic heterocycles. The first-order valence-corrected chi connectivity index (χ1v) is 7.60. The van der Waals surface area contributed by atoms with Crippen LogP contribution in [0.2, 0.25) is 0 Å². The lowest BCUT2D eigenvalue weighted by Crippen LogP contribution is -2.40. The Hall–Kier alpha value is -1.09. The van der Waals surface area contributed by atoms with Crippen molar-refractivity contribution in [2.75, 3.05) is 18.5 Å². The highest BCUT2D eigenvalue weighted by Crippen LogP contribution is 2.28. The molecule has 1 aromatic heterocycles. The Kier molecular flexibility index (Phi) is 6.00. The number of nitrogens with zero attached hydrogens (tertiary/aromatic N) is 2. The minimum Gasteiger partial charge on any atom is -0.370 e. The molecule has 1 rings (SSSR count). The summed E-state index contributed by atoms with van der Waals surface area (Å²) in [7, 11) is 2.17. The van der Waals surface area contributed by atoms with Crippen molar-refractivity contribution in [1.82, 2.24) is 10.3 Å². The van der Waals surface area contributed by atoms with E-state index in [-0.39, 0.29) is 5.41 Å². The van der Waals surface area contributed by atoms with Gasteiger partial charge in [-0.2, -0.15) is 0 Å². The van der Waals surface area contributed by atoms with Gasteiger partial charge in [0.25, 0.3) is 0 Å². The van der Waals surface area contributed by atoms with Crippen LogP contribution in [-0.4, -0.2) is 24.6 Å². The quantitative estimate of drug-likeness (QED) is 0.859. The Morgan fingerprint density at radius 2 is 1.90 bits per heavy atom. The topological polar surface area (TPSA) is 28.2 Å². The summed E-state index contributed by atoms with van der Waals surface area (Å²) < 4.78 is 0. The van der Waals surface area contributed by atoms with Gasteiger partial charge in [0.2, 0.25) is 0 Å². The minimum absolute atomic E-state index is 0.243. The molecule has 0 saturated heterocycles. The van der Waals surface area contributed by atoms with Crippen molar-refractivity contribution in [2.24, 2.45) is 11.3 Å². The Morgan fingerprint density at radius 1 is 1.25 bits per heavy atom. The Labute approximate surface area is 124 Å². The SMILES string of the molecule is CC(C)CNCc1ccncc1N(C)C(C)C(C)(C)C. The van der Waals surface area contributed by atoms with Crippen LogP contribution in [0, 0.1) is 11.3 Å². The zero-order valence-corrected chi connectivity index (χ0v) is 14.2. The van der Waals surface area contributed by atoms with Crippen molar-refractivity contribution in [3.63, 3.8) is 0 Å². The second kappa shape index (κ2) is 7.07. The first kappa shape index (κ1) is 17.0. The molecule has 0 fully saturated rings. The van der Waals surface area contributed by atoms with Gasteiger partial charge >= 0.3 is 0 Å². The molecule has 1 N–H and O–H groups in total. The molecule has 0 aliphatic rings. The average molecular weight is 277 g/mol. The molecular formula is C17H31N3. The van der Waals surface area contributed by atoms with Crippen molar-refractivity contribution < 1.29 is 0 Å². The van der Waals surface area contributed by atoms with Gasteiger partial charge in [-0.05, 0) is 36.4 Å². The first-order chi connectivity index (χ1) is 9.23. The molecule has 1 heterocycles. The van der Waals surface area contributed by atoms with Gasteiger partial charge < -0.3 is 10.2 Å². The van der Waals surface area contributed by atoms with E-state index in [9.17, 15) is 0 Å². The molecule has 0 spiro atoms. The van der Waals surface area contributed by atoms with Crippen LogP contribution in [-0.2, 0) is 6.54 Å². The van der Waals surface area contributed by atoms with Crippen LogP contribution in [0.15, 0.2) is 18.5 Å². The molecule has 1 aromatic rings. The largest absolute Gasteiger partial charge is 0.370 e. The number of hydrogen-bond donors (Lipinski definition) is 1. The molecule has 0 aliphatic carbocycles. The average Bonchev–Trinajstić information content (AvgIpc) is 2.36. The van der Waals surface area contributed by atoms with E-state index in [0.29, 0.717) is 12.0 Å². The number of rotatable bonds is 6.